The molecule has 0 aromatic heterocycles. The van der Waals surface area contributed by atoms with E-state index in [0.717, 1.165) is 24.5 Å². The number of hydrogen-bond donors (Lipinski definition) is 0. The highest BCUT2D eigenvalue weighted by atomic mass is 35.5. The number of aliphatic imine (C=N–C) groups is 1. The molecule has 0 bridgehead atoms. The van der Waals surface area contributed by atoms with Gasteiger partial charge in [0.15, 0.2) is 6.10 Å². The molecule has 2 rings (SSSR count). The second-order valence-corrected chi connectivity index (χ2v) is 4.94. The molecular weight excluding hydrogens is 260 g/mol. The number of halogens is 1. The third-order valence-electron chi connectivity index (χ3n) is 3.12. The molecule has 3 nitrogen and oxygen atoms in total. The van der Waals surface area contributed by atoms with E-state index in [4.69, 9.17) is 22.8 Å². The fourth-order valence-corrected chi connectivity index (χ4v) is 2.23. The van der Waals surface area contributed by atoms with Gasteiger partial charge in [-0.25, -0.2) is 0 Å². The summed E-state index contributed by atoms with van der Waals surface area (Å²) in [5.74, 6) is 4.20. The van der Waals surface area contributed by atoms with Gasteiger partial charge >= 0.3 is 0 Å². The van der Waals surface area contributed by atoms with Gasteiger partial charge < -0.3 is 9.64 Å². The van der Waals surface area contributed by atoms with Gasteiger partial charge in [-0.1, -0.05) is 23.7 Å². The van der Waals surface area contributed by atoms with Gasteiger partial charge in [-0.05, 0) is 18.6 Å². The highest BCUT2D eigenvalue weighted by Crippen LogP contribution is 2.29. The maximum absolute atomic E-state index is 6.25. The summed E-state index contributed by atoms with van der Waals surface area (Å²) in [6, 6.07) is 5.72. The maximum Gasteiger partial charge on any atom is 0.166 e. The van der Waals surface area contributed by atoms with Crippen molar-refractivity contribution in [1.82, 2.24) is 4.90 Å². The van der Waals surface area contributed by atoms with E-state index < -0.39 is 0 Å². The molecule has 0 amide bonds. The number of aryl methyl sites for hydroxylation is 1. The van der Waals surface area contributed by atoms with Crippen LogP contribution in [-0.2, 0) is 0 Å². The lowest BCUT2D eigenvalue weighted by Crippen LogP contribution is -2.37. The first kappa shape index (κ1) is 13.8. The Balaban J connectivity index is 2.22. The molecular formula is C15H17ClN2O. The molecule has 1 aliphatic heterocycles. The first-order valence-corrected chi connectivity index (χ1v) is 6.62. The van der Waals surface area contributed by atoms with Crippen LogP contribution in [0.1, 0.15) is 12.0 Å². The van der Waals surface area contributed by atoms with Crippen molar-refractivity contribution in [2.75, 3.05) is 20.1 Å². The third-order valence-corrected chi connectivity index (χ3v) is 3.60. The molecule has 1 aromatic carbocycles. The Morgan fingerprint density at radius 1 is 1.58 bits per heavy atom. The van der Waals surface area contributed by atoms with Crippen LogP contribution in [0.15, 0.2) is 23.2 Å². The molecule has 19 heavy (non-hydrogen) atoms. The zero-order valence-electron chi connectivity index (χ0n) is 11.2. The van der Waals surface area contributed by atoms with E-state index in [1.54, 1.807) is 0 Å². The molecule has 1 atom stereocenters. The largest absolute Gasteiger partial charge is 0.480 e. The summed E-state index contributed by atoms with van der Waals surface area (Å²) in [4.78, 5) is 6.54. The normalized spacial score (nSPS) is 15.9. The molecule has 1 aromatic rings. The van der Waals surface area contributed by atoms with E-state index in [1.807, 2.05) is 32.2 Å². The number of amidine groups is 1. The molecule has 1 heterocycles. The summed E-state index contributed by atoms with van der Waals surface area (Å²) in [6.07, 6.45) is 5.67. The van der Waals surface area contributed by atoms with Crippen molar-refractivity contribution in [3.63, 3.8) is 0 Å². The second kappa shape index (κ2) is 5.99. The fourth-order valence-electron chi connectivity index (χ4n) is 2.05. The number of likely N-dealkylation sites (N-methyl/N-ethyl adjacent to an activating group) is 1. The third kappa shape index (κ3) is 3.02. The molecule has 0 radical (unpaired) electrons. The molecule has 100 valence electrons. The number of benzene rings is 1. The van der Waals surface area contributed by atoms with Crippen LogP contribution < -0.4 is 4.74 Å². The van der Waals surface area contributed by atoms with Crippen LogP contribution in [0.2, 0.25) is 5.02 Å². The fraction of sp³-hybridized carbons (Fsp3) is 0.400. The van der Waals surface area contributed by atoms with Crippen LogP contribution in [0, 0.1) is 19.3 Å². The lowest BCUT2D eigenvalue weighted by molar-refractivity contribution is 0.258. The lowest BCUT2D eigenvalue weighted by atomic mass is 10.2. The van der Waals surface area contributed by atoms with Gasteiger partial charge in [0.1, 0.15) is 11.6 Å². The van der Waals surface area contributed by atoms with Gasteiger partial charge in [-0.2, -0.15) is 0 Å². The monoisotopic (exact) mass is 276 g/mol. The molecule has 0 spiro atoms. The van der Waals surface area contributed by atoms with E-state index in [0.29, 0.717) is 17.2 Å². The van der Waals surface area contributed by atoms with Crippen molar-refractivity contribution in [3.8, 4) is 18.1 Å². The predicted molar refractivity (Wildman–Crippen MR) is 79.0 cm³/mol. The van der Waals surface area contributed by atoms with E-state index in [2.05, 4.69) is 15.8 Å². The molecule has 4 heteroatoms. The first-order valence-electron chi connectivity index (χ1n) is 6.24. The lowest BCUT2D eigenvalue weighted by Gasteiger charge is -2.23. The minimum atomic E-state index is -0.239. The number of terminal acetylenes is 1. The van der Waals surface area contributed by atoms with Crippen molar-refractivity contribution >= 4 is 17.4 Å². The highest BCUT2D eigenvalue weighted by Gasteiger charge is 2.24. The Kier molecular flexibility index (Phi) is 4.34. The van der Waals surface area contributed by atoms with E-state index in [1.165, 1.54) is 0 Å². The SMILES string of the molecule is C#CCC(Oc1cccc(C)c1Cl)C1=NCCN1C. The standard InChI is InChI=1S/C15H17ClN2O/c1-4-6-13(15-17-9-10-18(15)3)19-12-8-5-7-11(2)14(12)16/h1,5,7-8,13H,6,9-10H2,2-3H3. The van der Waals surface area contributed by atoms with Gasteiger partial charge in [-0.15, -0.1) is 12.3 Å². The summed E-state index contributed by atoms with van der Waals surface area (Å²) in [6.45, 7) is 3.64. The zero-order chi connectivity index (χ0) is 13.8. The van der Waals surface area contributed by atoms with Crippen LogP contribution in [-0.4, -0.2) is 37.0 Å². The van der Waals surface area contributed by atoms with Crippen LogP contribution >= 0.6 is 11.6 Å². The van der Waals surface area contributed by atoms with Gasteiger partial charge in [0.25, 0.3) is 0 Å². The van der Waals surface area contributed by atoms with Crippen molar-refractivity contribution in [2.45, 2.75) is 19.4 Å². The highest BCUT2D eigenvalue weighted by molar-refractivity contribution is 6.32. The molecule has 0 saturated heterocycles. The Hall–Kier alpha value is -1.66. The predicted octanol–water partition coefficient (Wildman–Crippen LogP) is 2.76. The Morgan fingerprint density at radius 3 is 3.00 bits per heavy atom. The summed E-state index contributed by atoms with van der Waals surface area (Å²) in [5.41, 5.74) is 0.986. The molecule has 0 aliphatic carbocycles. The van der Waals surface area contributed by atoms with Crippen LogP contribution in [0.25, 0.3) is 0 Å². The first-order chi connectivity index (χ1) is 9.13. The van der Waals surface area contributed by atoms with Crippen LogP contribution in [0.3, 0.4) is 0 Å². The molecule has 0 fully saturated rings. The number of rotatable bonds is 4. The van der Waals surface area contributed by atoms with Gasteiger partial charge in [-0.3, -0.25) is 4.99 Å². The zero-order valence-corrected chi connectivity index (χ0v) is 11.9. The van der Waals surface area contributed by atoms with Crippen molar-refractivity contribution < 1.29 is 4.74 Å². The summed E-state index contributed by atoms with van der Waals surface area (Å²) in [5, 5.41) is 0.630. The average molecular weight is 277 g/mol. The Bertz CT molecular complexity index is 533. The van der Waals surface area contributed by atoms with Gasteiger partial charge in [0, 0.05) is 13.6 Å². The Labute approximate surface area is 119 Å². The van der Waals surface area contributed by atoms with Gasteiger partial charge in [0.2, 0.25) is 0 Å². The second-order valence-electron chi connectivity index (χ2n) is 4.56. The molecule has 1 unspecified atom stereocenters. The van der Waals surface area contributed by atoms with E-state index in [9.17, 15) is 0 Å². The number of nitrogens with zero attached hydrogens (tertiary/aromatic N) is 2. The van der Waals surface area contributed by atoms with E-state index >= 15 is 0 Å². The van der Waals surface area contributed by atoms with Crippen molar-refractivity contribution in [3.05, 3.63) is 28.8 Å². The topological polar surface area (TPSA) is 24.8 Å². The number of hydrogen-bond acceptors (Lipinski definition) is 3. The van der Waals surface area contributed by atoms with Crippen LogP contribution in [0.4, 0.5) is 0 Å². The van der Waals surface area contributed by atoms with Crippen LogP contribution in [0.5, 0.6) is 5.75 Å². The van der Waals surface area contributed by atoms with Crippen molar-refractivity contribution in [2.24, 2.45) is 4.99 Å². The van der Waals surface area contributed by atoms with Gasteiger partial charge in [0.05, 0.1) is 18.0 Å². The quantitative estimate of drug-likeness (QED) is 0.790. The summed E-state index contributed by atoms with van der Waals surface area (Å²) in [7, 11) is 2.00. The summed E-state index contributed by atoms with van der Waals surface area (Å²) < 4.78 is 5.97. The number of ether oxygens (including phenoxy) is 1. The van der Waals surface area contributed by atoms with E-state index in [-0.39, 0.29) is 6.10 Å². The molecule has 0 N–H and O–H groups in total. The summed E-state index contributed by atoms with van der Waals surface area (Å²) >= 11 is 6.25. The Morgan fingerprint density at radius 2 is 2.37 bits per heavy atom. The minimum Gasteiger partial charge on any atom is -0.480 e. The smallest absolute Gasteiger partial charge is 0.166 e. The molecule has 0 saturated carbocycles. The minimum absolute atomic E-state index is 0.239. The average Bonchev–Trinajstić information content (AvgIpc) is 2.80. The van der Waals surface area contributed by atoms with Crippen molar-refractivity contribution in [1.29, 1.82) is 0 Å². The molecule has 1 aliphatic rings. The maximum atomic E-state index is 6.25.